The van der Waals surface area contributed by atoms with Crippen LogP contribution in [0.2, 0.25) is 0 Å². The van der Waals surface area contributed by atoms with Gasteiger partial charge in [-0.05, 0) is 24.6 Å². The van der Waals surface area contributed by atoms with Gasteiger partial charge in [0.05, 0.1) is 4.88 Å². The number of hydrogen-bond donors (Lipinski definition) is 2. The molecule has 0 fully saturated rings. The van der Waals surface area contributed by atoms with Crippen LogP contribution in [0, 0.1) is 13.8 Å². The summed E-state index contributed by atoms with van der Waals surface area (Å²) in [5, 5.41) is 9.60. The summed E-state index contributed by atoms with van der Waals surface area (Å²) in [6, 6.07) is 7.09. The maximum absolute atomic E-state index is 12.1. The number of nitrogens with one attached hydrogen (secondary N) is 1. The van der Waals surface area contributed by atoms with Crippen molar-refractivity contribution < 1.29 is 19.1 Å². The van der Waals surface area contributed by atoms with Gasteiger partial charge in [-0.3, -0.25) is 14.6 Å². The number of carbonyl (C=O) groups is 1. The molecule has 0 saturated heterocycles. The number of oxazole rings is 1. The lowest BCUT2D eigenvalue weighted by Crippen LogP contribution is -2.13. The molecule has 7 nitrogen and oxygen atoms in total. The lowest BCUT2D eigenvalue weighted by molar-refractivity contribution is 0.0915. The number of benzene rings is 1. The van der Waals surface area contributed by atoms with Gasteiger partial charge in [0.15, 0.2) is 18.2 Å². The number of H-pyrrole nitrogens is 1. The minimum absolute atomic E-state index is 0.0980. The molecule has 25 heavy (non-hydrogen) atoms. The van der Waals surface area contributed by atoms with Crippen molar-refractivity contribution >= 4 is 17.1 Å². The summed E-state index contributed by atoms with van der Waals surface area (Å²) in [5.74, 6) is 1.12. The Bertz CT molecular complexity index is 952. The number of Topliss-reactive ketones (excluding diaryl/α,β-unsaturated/α-hetero) is 1. The molecule has 0 aliphatic rings. The molecular weight excluding hydrogens is 344 g/mol. The Balaban J connectivity index is 1.61. The maximum atomic E-state index is 12.1. The van der Waals surface area contributed by atoms with E-state index in [9.17, 15) is 14.7 Å². The smallest absolute Gasteiger partial charge is 0.307 e. The van der Waals surface area contributed by atoms with Gasteiger partial charge in [-0.1, -0.05) is 23.5 Å². The molecule has 0 unspecified atom stereocenters. The summed E-state index contributed by atoms with van der Waals surface area (Å²) in [4.78, 5) is 29.9. The molecule has 0 aliphatic carbocycles. The fourth-order valence-electron chi connectivity index (χ4n) is 2.37. The quantitative estimate of drug-likeness (QED) is 0.655. The van der Waals surface area contributed by atoms with Gasteiger partial charge in [0.2, 0.25) is 11.7 Å². The van der Waals surface area contributed by atoms with Crippen LogP contribution in [0.5, 0.6) is 11.6 Å². The van der Waals surface area contributed by atoms with Crippen LogP contribution in [0.4, 0.5) is 0 Å². The molecule has 130 valence electrons. The van der Waals surface area contributed by atoms with Crippen LogP contribution in [0.1, 0.15) is 32.6 Å². The minimum Gasteiger partial charge on any atom is -0.494 e. The molecule has 0 spiro atoms. The number of aromatic amines is 1. The second kappa shape index (κ2) is 6.94. The molecule has 0 bridgehead atoms. The molecule has 0 saturated carbocycles. The van der Waals surface area contributed by atoms with Crippen LogP contribution >= 0.6 is 11.3 Å². The minimum atomic E-state index is -0.288. The van der Waals surface area contributed by atoms with E-state index in [1.807, 2.05) is 12.1 Å². The van der Waals surface area contributed by atoms with Crippen molar-refractivity contribution in [1.29, 1.82) is 0 Å². The Morgan fingerprint density at radius 3 is 2.60 bits per heavy atom. The van der Waals surface area contributed by atoms with Crippen molar-refractivity contribution in [3.05, 3.63) is 61.7 Å². The largest absolute Gasteiger partial charge is 0.494 e. The maximum Gasteiger partial charge on any atom is 0.307 e. The number of hydrogen-bond acceptors (Lipinski definition) is 7. The molecule has 0 radical (unpaired) electrons. The fraction of sp³-hybridized carbons (Fsp3) is 0.235. The Hall–Kier alpha value is -2.87. The molecule has 0 atom stereocenters. The summed E-state index contributed by atoms with van der Waals surface area (Å²) in [6.07, 6.45) is 0.436. The second-order valence-electron chi connectivity index (χ2n) is 5.46. The Morgan fingerprint density at radius 2 is 2.04 bits per heavy atom. The van der Waals surface area contributed by atoms with Crippen molar-refractivity contribution in [2.45, 2.75) is 20.3 Å². The van der Waals surface area contributed by atoms with Crippen LogP contribution in [-0.4, -0.2) is 27.5 Å². The van der Waals surface area contributed by atoms with E-state index in [1.165, 1.54) is 0 Å². The standard InChI is InChI=1S/C17H16N2O5S/c1-9-15(18-10(2)24-9)13(20)8-23-12-5-3-11(4-6-12)7-14-16(21)19-17(22)25-14/h3-6,21H,7-8H2,1-2H3,(H,19,22). The zero-order valence-corrected chi connectivity index (χ0v) is 14.5. The fourth-order valence-corrected chi connectivity index (χ4v) is 3.12. The molecule has 3 rings (SSSR count). The lowest BCUT2D eigenvalue weighted by atomic mass is 10.1. The van der Waals surface area contributed by atoms with E-state index in [4.69, 9.17) is 9.15 Å². The van der Waals surface area contributed by atoms with Gasteiger partial charge in [0, 0.05) is 13.3 Å². The highest BCUT2D eigenvalue weighted by Gasteiger charge is 2.16. The summed E-state index contributed by atoms with van der Waals surface area (Å²) >= 11 is 0.976. The first-order chi connectivity index (χ1) is 11.9. The summed E-state index contributed by atoms with van der Waals surface area (Å²) in [6.45, 7) is 3.24. The van der Waals surface area contributed by atoms with E-state index in [1.54, 1.807) is 26.0 Å². The van der Waals surface area contributed by atoms with Crippen LogP contribution in [0.3, 0.4) is 0 Å². The highest BCUT2D eigenvalue weighted by molar-refractivity contribution is 7.09. The average Bonchev–Trinajstić information content (AvgIpc) is 3.07. The monoisotopic (exact) mass is 360 g/mol. The summed E-state index contributed by atoms with van der Waals surface area (Å²) in [7, 11) is 0. The number of thiazole rings is 1. The average molecular weight is 360 g/mol. The third-order valence-corrected chi connectivity index (χ3v) is 4.40. The van der Waals surface area contributed by atoms with E-state index < -0.39 is 0 Å². The van der Waals surface area contributed by atoms with Gasteiger partial charge in [0.1, 0.15) is 11.5 Å². The highest BCUT2D eigenvalue weighted by atomic mass is 32.1. The molecule has 1 aromatic carbocycles. The zero-order valence-electron chi connectivity index (χ0n) is 13.7. The summed E-state index contributed by atoms with van der Waals surface area (Å²) in [5.41, 5.74) is 1.19. The molecule has 0 aliphatic heterocycles. The highest BCUT2D eigenvalue weighted by Crippen LogP contribution is 2.22. The molecular formula is C17H16N2O5S. The van der Waals surface area contributed by atoms with Gasteiger partial charge in [-0.25, -0.2) is 4.98 Å². The van der Waals surface area contributed by atoms with Crippen molar-refractivity contribution in [2.75, 3.05) is 6.61 Å². The topological polar surface area (TPSA) is 105 Å². The lowest BCUT2D eigenvalue weighted by Gasteiger charge is -2.06. The Morgan fingerprint density at radius 1 is 1.32 bits per heavy atom. The van der Waals surface area contributed by atoms with E-state index in [0.29, 0.717) is 28.7 Å². The predicted octanol–water partition coefficient (Wildman–Crippen LogP) is 2.60. The Labute approximate surface area is 146 Å². The zero-order chi connectivity index (χ0) is 18.0. The van der Waals surface area contributed by atoms with E-state index >= 15 is 0 Å². The van der Waals surface area contributed by atoms with Crippen molar-refractivity contribution in [1.82, 2.24) is 9.97 Å². The van der Waals surface area contributed by atoms with Gasteiger partial charge in [-0.15, -0.1) is 0 Å². The first kappa shape index (κ1) is 17.0. The number of ketones is 1. The van der Waals surface area contributed by atoms with Gasteiger partial charge in [-0.2, -0.15) is 0 Å². The van der Waals surface area contributed by atoms with Crippen LogP contribution in [-0.2, 0) is 6.42 Å². The van der Waals surface area contributed by atoms with Crippen LogP contribution in [0.15, 0.2) is 33.5 Å². The number of aromatic hydroxyl groups is 1. The molecule has 2 aromatic heterocycles. The van der Waals surface area contributed by atoms with Crippen molar-refractivity contribution in [3.63, 3.8) is 0 Å². The van der Waals surface area contributed by atoms with Crippen molar-refractivity contribution in [3.8, 4) is 11.6 Å². The normalized spacial score (nSPS) is 10.8. The SMILES string of the molecule is Cc1nc(C(=O)COc2ccc(Cc3sc(=O)[nH]c3O)cc2)c(C)o1. The van der Waals surface area contributed by atoms with E-state index in [0.717, 1.165) is 16.9 Å². The third kappa shape index (κ3) is 3.97. The van der Waals surface area contributed by atoms with Gasteiger partial charge >= 0.3 is 4.87 Å². The van der Waals surface area contributed by atoms with Crippen LogP contribution in [0.25, 0.3) is 0 Å². The van der Waals surface area contributed by atoms with Gasteiger partial charge < -0.3 is 14.3 Å². The molecule has 2 N–H and O–H groups in total. The summed E-state index contributed by atoms with van der Waals surface area (Å²) < 4.78 is 10.7. The number of aryl methyl sites for hydroxylation is 2. The molecule has 0 amide bonds. The second-order valence-corrected chi connectivity index (χ2v) is 6.52. The first-order valence-electron chi connectivity index (χ1n) is 7.52. The number of carbonyl (C=O) groups excluding carboxylic acids is 1. The third-order valence-electron chi connectivity index (χ3n) is 3.53. The molecule has 3 aromatic rings. The predicted molar refractivity (Wildman–Crippen MR) is 91.7 cm³/mol. The van der Waals surface area contributed by atoms with E-state index in [-0.39, 0.29) is 28.8 Å². The molecule has 8 heteroatoms. The van der Waals surface area contributed by atoms with Gasteiger partial charge in [0.25, 0.3) is 0 Å². The Kier molecular flexibility index (Phi) is 4.71. The van der Waals surface area contributed by atoms with Crippen molar-refractivity contribution in [2.24, 2.45) is 0 Å². The van der Waals surface area contributed by atoms with Crippen LogP contribution < -0.4 is 9.61 Å². The first-order valence-corrected chi connectivity index (χ1v) is 8.34. The number of rotatable bonds is 6. The number of nitrogens with zero attached hydrogens (tertiary/aromatic N) is 1. The van der Waals surface area contributed by atoms with E-state index in [2.05, 4.69) is 9.97 Å². The number of ether oxygens (including phenoxy) is 1. The molecule has 2 heterocycles. The number of aromatic nitrogens is 2.